The van der Waals surface area contributed by atoms with E-state index in [1.807, 2.05) is 6.92 Å². The number of aromatic hydroxyl groups is 1. The number of aromatic nitrogens is 3. The van der Waals surface area contributed by atoms with E-state index in [2.05, 4.69) is 10.1 Å². The highest BCUT2D eigenvalue weighted by Crippen LogP contribution is 2.38. The summed E-state index contributed by atoms with van der Waals surface area (Å²) < 4.78 is 52.9. The second-order valence-corrected chi connectivity index (χ2v) is 8.70. The Bertz CT molecular complexity index is 1500. The van der Waals surface area contributed by atoms with Crippen LogP contribution in [0.5, 0.6) is 17.2 Å². The van der Waals surface area contributed by atoms with Crippen LogP contribution in [0.15, 0.2) is 48.5 Å². The topological polar surface area (TPSA) is 89.2 Å². The van der Waals surface area contributed by atoms with Crippen molar-refractivity contribution in [3.8, 4) is 28.5 Å². The van der Waals surface area contributed by atoms with Crippen LogP contribution in [-0.4, -0.2) is 51.3 Å². The highest BCUT2D eigenvalue weighted by Gasteiger charge is 2.37. The summed E-state index contributed by atoms with van der Waals surface area (Å²) >= 11 is 0. The Labute approximate surface area is 209 Å². The molecule has 5 rings (SSSR count). The molecule has 8 nitrogen and oxygen atoms in total. The number of carbonyl (C=O) groups excluding carboxylic acids is 1. The third kappa shape index (κ3) is 4.30. The lowest BCUT2D eigenvalue weighted by Gasteiger charge is -2.35. The minimum absolute atomic E-state index is 0.00648. The molecule has 2 aromatic carbocycles. The van der Waals surface area contributed by atoms with Gasteiger partial charge in [0.1, 0.15) is 5.75 Å². The summed E-state index contributed by atoms with van der Waals surface area (Å²) in [6.07, 6.45) is -4.27. The first-order chi connectivity index (χ1) is 17.6. The molecule has 0 spiro atoms. The number of ether oxygens (including phenoxy) is 2. The predicted molar refractivity (Wildman–Crippen MR) is 128 cm³/mol. The Morgan fingerprint density at radius 2 is 1.81 bits per heavy atom. The summed E-state index contributed by atoms with van der Waals surface area (Å²) in [6, 6.07) is 11.5. The van der Waals surface area contributed by atoms with E-state index in [4.69, 9.17) is 9.47 Å². The number of carbonyl (C=O) groups is 1. The van der Waals surface area contributed by atoms with Gasteiger partial charge < -0.3 is 19.5 Å². The molecule has 1 atom stereocenters. The number of phenolic OH excluding ortho intramolecular Hbond substituents is 1. The maximum atomic E-state index is 14.0. The van der Waals surface area contributed by atoms with Gasteiger partial charge in [0.05, 0.1) is 26.0 Å². The summed E-state index contributed by atoms with van der Waals surface area (Å²) in [5.74, 6) is 0.322. The van der Waals surface area contributed by atoms with E-state index in [9.17, 15) is 23.1 Å². The molecule has 1 aliphatic heterocycles. The Hall–Kier alpha value is -4.28. The average molecular weight is 512 g/mol. The number of fused-ring (bicyclic) bond motifs is 2. The lowest BCUT2D eigenvalue weighted by molar-refractivity contribution is -0.142. The number of phenols is 1. The number of rotatable bonds is 4. The Morgan fingerprint density at radius 3 is 2.46 bits per heavy atom. The van der Waals surface area contributed by atoms with Crippen molar-refractivity contribution in [1.82, 2.24) is 19.5 Å². The fourth-order valence-electron chi connectivity index (χ4n) is 4.61. The summed E-state index contributed by atoms with van der Waals surface area (Å²) in [7, 11) is 2.92. The van der Waals surface area contributed by atoms with Crippen LogP contribution in [0, 0.1) is 0 Å². The van der Waals surface area contributed by atoms with Crippen molar-refractivity contribution in [2.75, 3.05) is 20.8 Å². The van der Waals surface area contributed by atoms with Crippen molar-refractivity contribution in [2.45, 2.75) is 25.6 Å². The molecule has 192 valence electrons. The van der Waals surface area contributed by atoms with Crippen molar-refractivity contribution in [2.24, 2.45) is 0 Å². The standard InChI is InChI=1S/C26H23F3N4O4/c1-14-18-11-22(37-3)21(34)10-16(18)8-9-32(14)25(35)20-13-24-30-19(15-4-6-17(36-2)7-5-15)12-23(26(27,28)29)33(24)31-20/h4-7,10-14,34H,8-9H2,1-3H3/t14-/m1/s1. The minimum atomic E-state index is -4.73. The van der Waals surface area contributed by atoms with Gasteiger partial charge in [-0.25, -0.2) is 9.50 Å². The van der Waals surface area contributed by atoms with Crippen LogP contribution < -0.4 is 9.47 Å². The molecule has 0 unspecified atom stereocenters. The lowest BCUT2D eigenvalue weighted by Crippen LogP contribution is -2.39. The molecule has 1 N–H and O–H groups in total. The third-order valence-corrected chi connectivity index (χ3v) is 6.56. The van der Waals surface area contributed by atoms with Gasteiger partial charge in [0, 0.05) is 18.2 Å². The average Bonchev–Trinajstić information content (AvgIpc) is 3.31. The highest BCUT2D eigenvalue weighted by atomic mass is 19.4. The third-order valence-electron chi connectivity index (χ3n) is 6.56. The van der Waals surface area contributed by atoms with E-state index in [1.165, 1.54) is 25.2 Å². The van der Waals surface area contributed by atoms with E-state index in [-0.39, 0.29) is 28.5 Å². The fraction of sp³-hybridized carbons (Fsp3) is 0.269. The molecule has 11 heteroatoms. The summed E-state index contributed by atoms with van der Waals surface area (Å²) in [5.41, 5.74) is 0.921. The van der Waals surface area contributed by atoms with Crippen molar-refractivity contribution < 1.29 is 32.5 Å². The molecular formula is C26H23F3N4O4. The smallest absolute Gasteiger partial charge is 0.433 e. The maximum absolute atomic E-state index is 14.0. The van der Waals surface area contributed by atoms with Gasteiger partial charge in [-0.1, -0.05) is 0 Å². The van der Waals surface area contributed by atoms with Crippen LogP contribution in [0.25, 0.3) is 16.9 Å². The van der Waals surface area contributed by atoms with E-state index >= 15 is 0 Å². The normalized spacial score (nSPS) is 15.5. The van der Waals surface area contributed by atoms with Gasteiger partial charge in [-0.2, -0.15) is 18.3 Å². The summed E-state index contributed by atoms with van der Waals surface area (Å²) in [5, 5.41) is 14.1. The quantitative estimate of drug-likeness (QED) is 0.419. The molecule has 0 saturated heterocycles. The largest absolute Gasteiger partial charge is 0.504 e. The molecule has 0 saturated carbocycles. The van der Waals surface area contributed by atoms with E-state index in [0.717, 1.165) is 17.2 Å². The monoisotopic (exact) mass is 512 g/mol. The Balaban J connectivity index is 1.54. The number of methoxy groups -OCH3 is 2. The fourth-order valence-corrected chi connectivity index (χ4v) is 4.61. The maximum Gasteiger partial charge on any atom is 0.433 e. The van der Waals surface area contributed by atoms with Gasteiger partial charge in [0.2, 0.25) is 0 Å². The van der Waals surface area contributed by atoms with E-state index < -0.39 is 23.8 Å². The van der Waals surface area contributed by atoms with Crippen LogP contribution in [0.3, 0.4) is 0 Å². The predicted octanol–water partition coefficient (Wildman–Crippen LogP) is 4.90. The van der Waals surface area contributed by atoms with Crippen LogP contribution in [0.1, 0.15) is 40.3 Å². The van der Waals surface area contributed by atoms with Gasteiger partial charge in [-0.15, -0.1) is 0 Å². The molecule has 37 heavy (non-hydrogen) atoms. The minimum Gasteiger partial charge on any atom is -0.504 e. The van der Waals surface area contributed by atoms with Gasteiger partial charge in [-0.05, 0) is 66.9 Å². The number of alkyl halides is 3. The molecular weight excluding hydrogens is 489 g/mol. The lowest BCUT2D eigenvalue weighted by atomic mass is 9.92. The molecule has 0 aliphatic carbocycles. The second-order valence-electron chi connectivity index (χ2n) is 8.70. The summed E-state index contributed by atoms with van der Waals surface area (Å²) in [6.45, 7) is 2.12. The number of hydrogen-bond donors (Lipinski definition) is 1. The van der Waals surface area contributed by atoms with Gasteiger partial charge in [-0.3, -0.25) is 4.79 Å². The number of amides is 1. The first kappa shape index (κ1) is 24.4. The van der Waals surface area contributed by atoms with Gasteiger partial charge in [0.25, 0.3) is 5.91 Å². The second kappa shape index (κ2) is 8.99. The zero-order valence-electron chi connectivity index (χ0n) is 20.2. The van der Waals surface area contributed by atoms with Crippen LogP contribution in [-0.2, 0) is 12.6 Å². The van der Waals surface area contributed by atoms with Crippen molar-refractivity contribution in [1.29, 1.82) is 0 Å². The molecule has 3 heterocycles. The zero-order valence-corrected chi connectivity index (χ0v) is 20.2. The zero-order chi connectivity index (χ0) is 26.5. The van der Waals surface area contributed by atoms with Gasteiger partial charge >= 0.3 is 6.18 Å². The Kier molecular flexibility index (Phi) is 5.93. The molecule has 0 bridgehead atoms. The number of hydrogen-bond acceptors (Lipinski definition) is 6. The van der Waals surface area contributed by atoms with E-state index in [1.54, 1.807) is 36.4 Å². The van der Waals surface area contributed by atoms with Crippen LogP contribution >= 0.6 is 0 Å². The number of benzene rings is 2. The molecule has 0 fully saturated rings. The number of nitrogens with zero attached hydrogens (tertiary/aromatic N) is 4. The molecule has 2 aromatic heterocycles. The first-order valence-corrected chi connectivity index (χ1v) is 11.4. The Morgan fingerprint density at radius 1 is 1.08 bits per heavy atom. The van der Waals surface area contributed by atoms with Gasteiger partial charge in [0.15, 0.2) is 28.5 Å². The molecule has 1 aliphatic rings. The molecule has 1 amide bonds. The van der Waals surface area contributed by atoms with Crippen molar-refractivity contribution in [3.05, 3.63) is 71.0 Å². The summed E-state index contributed by atoms with van der Waals surface area (Å²) in [4.78, 5) is 19.3. The highest BCUT2D eigenvalue weighted by molar-refractivity contribution is 5.94. The molecule has 4 aromatic rings. The molecule has 0 radical (unpaired) electrons. The van der Waals surface area contributed by atoms with Crippen LogP contribution in [0.4, 0.5) is 13.2 Å². The van der Waals surface area contributed by atoms with Crippen LogP contribution in [0.2, 0.25) is 0 Å². The SMILES string of the molecule is COc1ccc(-c2cc(C(F)(F)F)n3nc(C(=O)N4CCc5cc(O)c(OC)cc5[C@H]4C)cc3n2)cc1. The first-order valence-electron chi connectivity index (χ1n) is 11.4. The van der Waals surface area contributed by atoms with E-state index in [0.29, 0.717) is 28.8 Å². The number of halogens is 3. The van der Waals surface area contributed by atoms with Crippen molar-refractivity contribution >= 4 is 11.6 Å². The van der Waals surface area contributed by atoms with Crippen molar-refractivity contribution in [3.63, 3.8) is 0 Å².